The van der Waals surface area contributed by atoms with E-state index in [1.54, 1.807) is 0 Å². The van der Waals surface area contributed by atoms with Gasteiger partial charge in [0, 0.05) is 21.6 Å². The van der Waals surface area contributed by atoms with Crippen molar-refractivity contribution in [2.24, 2.45) is 0 Å². The summed E-state index contributed by atoms with van der Waals surface area (Å²) in [6.07, 6.45) is 1.03. The molecule has 0 atom stereocenters. The summed E-state index contributed by atoms with van der Waals surface area (Å²) in [5.74, 6) is 0. The second-order valence-corrected chi connectivity index (χ2v) is 6.66. The van der Waals surface area contributed by atoms with Crippen molar-refractivity contribution in [3.8, 4) is 0 Å². The number of benzene rings is 1. The zero-order valence-corrected chi connectivity index (χ0v) is 13.2. The van der Waals surface area contributed by atoms with Gasteiger partial charge in [0.1, 0.15) is 0 Å². The van der Waals surface area contributed by atoms with Crippen molar-refractivity contribution in [3.63, 3.8) is 0 Å². The van der Waals surface area contributed by atoms with Gasteiger partial charge in [0.2, 0.25) is 0 Å². The Balaban J connectivity index is 2.29. The number of hydrogen-bond donors (Lipinski definition) is 2. The average Bonchev–Trinajstić information content (AvgIpc) is 2.60. The zero-order chi connectivity index (χ0) is 14.2. The van der Waals surface area contributed by atoms with Crippen molar-refractivity contribution in [2.75, 3.05) is 6.54 Å². The fourth-order valence-corrected chi connectivity index (χ4v) is 2.61. The molecule has 0 aliphatic carbocycles. The molecule has 104 valence electrons. The summed E-state index contributed by atoms with van der Waals surface area (Å²) in [4.78, 5) is 3.47. The minimum atomic E-state index is 0.166. The third kappa shape index (κ3) is 3.13. The van der Waals surface area contributed by atoms with Crippen LogP contribution >= 0.6 is 11.6 Å². The standard InChI is InChI=1S/C16H23ClN2/c1-10-14(17)7-6-13-12(11(2)19-15(10)13)8-9-18-16(3,4)5/h6-7,18-19H,8-9H2,1-5H3. The molecule has 0 fully saturated rings. The third-order valence-electron chi connectivity index (χ3n) is 3.52. The van der Waals surface area contributed by atoms with E-state index >= 15 is 0 Å². The van der Waals surface area contributed by atoms with Crippen LogP contribution in [0.2, 0.25) is 5.02 Å². The lowest BCUT2D eigenvalue weighted by atomic mass is 10.0. The van der Waals surface area contributed by atoms with Crippen LogP contribution in [0.25, 0.3) is 10.9 Å². The fraction of sp³-hybridized carbons (Fsp3) is 0.500. The van der Waals surface area contributed by atoms with E-state index in [0.29, 0.717) is 0 Å². The highest BCUT2D eigenvalue weighted by molar-refractivity contribution is 6.32. The molecule has 0 saturated carbocycles. The van der Waals surface area contributed by atoms with Gasteiger partial charge in [-0.3, -0.25) is 0 Å². The van der Waals surface area contributed by atoms with Crippen LogP contribution in [0.1, 0.15) is 37.6 Å². The Hall–Kier alpha value is -0.990. The maximum Gasteiger partial charge on any atom is 0.0503 e. The van der Waals surface area contributed by atoms with E-state index in [9.17, 15) is 0 Å². The first kappa shape index (κ1) is 14.4. The second-order valence-electron chi connectivity index (χ2n) is 6.25. The Morgan fingerprint density at radius 2 is 1.89 bits per heavy atom. The number of nitrogens with one attached hydrogen (secondary N) is 2. The Bertz CT molecular complexity index is 591. The van der Waals surface area contributed by atoms with Crippen LogP contribution in [-0.4, -0.2) is 17.1 Å². The molecule has 19 heavy (non-hydrogen) atoms. The Labute approximate surface area is 120 Å². The summed E-state index contributed by atoms with van der Waals surface area (Å²) in [5, 5.41) is 5.67. The van der Waals surface area contributed by atoms with Crippen LogP contribution in [-0.2, 0) is 6.42 Å². The normalized spacial score (nSPS) is 12.3. The number of halogens is 1. The van der Waals surface area contributed by atoms with Gasteiger partial charge in [-0.15, -0.1) is 0 Å². The maximum atomic E-state index is 6.18. The van der Waals surface area contributed by atoms with Crippen molar-refractivity contribution in [2.45, 2.75) is 46.6 Å². The Kier molecular flexibility index (Phi) is 3.93. The summed E-state index contributed by atoms with van der Waals surface area (Å²) < 4.78 is 0. The van der Waals surface area contributed by atoms with Gasteiger partial charge in [0.05, 0.1) is 5.52 Å². The van der Waals surface area contributed by atoms with Crippen LogP contribution in [0.4, 0.5) is 0 Å². The monoisotopic (exact) mass is 278 g/mol. The first-order chi connectivity index (χ1) is 8.79. The van der Waals surface area contributed by atoms with E-state index < -0.39 is 0 Å². The summed E-state index contributed by atoms with van der Waals surface area (Å²) in [7, 11) is 0. The third-order valence-corrected chi connectivity index (χ3v) is 3.93. The van der Waals surface area contributed by atoms with Gasteiger partial charge in [0.15, 0.2) is 0 Å². The van der Waals surface area contributed by atoms with Gasteiger partial charge in [0.25, 0.3) is 0 Å². The van der Waals surface area contributed by atoms with Crippen molar-refractivity contribution in [1.29, 1.82) is 0 Å². The van der Waals surface area contributed by atoms with E-state index in [0.717, 1.165) is 23.6 Å². The zero-order valence-electron chi connectivity index (χ0n) is 12.4. The van der Waals surface area contributed by atoms with Gasteiger partial charge >= 0.3 is 0 Å². The topological polar surface area (TPSA) is 27.8 Å². The molecule has 3 heteroatoms. The van der Waals surface area contributed by atoms with E-state index in [-0.39, 0.29) is 5.54 Å². The molecule has 2 aromatic rings. The molecular formula is C16H23ClN2. The van der Waals surface area contributed by atoms with Gasteiger partial charge in [-0.25, -0.2) is 0 Å². The lowest BCUT2D eigenvalue weighted by Gasteiger charge is -2.20. The molecule has 0 unspecified atom stereocenters. The number of aromatic amines is 1. The Morgan fingerprint density at radius 1 is 1.21 bits per heavy atom. The van der Waals surface area contributed by atoms with Crippen molar-refractivity contribution in [1.82, 2.24) is 10.3 Å². The number of aryl methyl sites for hydroxylation is 2. The van der Waals surface area contributed by atoms with Crippen LogP contribution in [0.5, 0.6) is 0 Å². The average molecular weight is 279 g/mol. The van der Waals surface area contributed by atoms with E-state index in [4.69, 9.17) is 11.6 Å². The molecule has 2 rings (SSSR count). The van der Waals surface area contributed by atoms with Crippen LogP contribution in [0.15, 0.2) is 12.1 Å². The van der Waals surface area contributed by atoms with Crippen LogP contribution < -0.4 is 5.32 Å². The molecular weight excluding hydrogens is 256 g/mol. The van der Waals surface area contributed by atoms with E-state index in [2.05, 4.69) is 51.0 Å². The highest BCUT2D eigenvalue weighted by Gasteiger charge is 2.13. The molecule has 0 aliphatic rings. The number of hydrogen-bond acceptors (Lipinski definition) is 1. The molecule has 0 saturated heterocycles. The summed E-state index contributed by atoms with van der Waals surface area (Å²) >= 11 is 6.18. The van der Waals surface area contributed by atoms with E-state index in [1.807, 2.05) is 6.07 Å². The predicted molar refractivity (Wildman–Crippen MR) is 84.2 cm³/mol. The molecule has 0 spiro atoms. The van der Waals surface area contributed by atoms with Crippen molar-refractivity contribution < 1.29 is 0 Å². The quantitative estimate of drug-likeness (QED) is 0.857. The van der Waals surface area contributed by atoms with Gasteiger partial charge in [-0.1, -0.05) is 17.7 Å². The second kappa shape index (κ2) is 5.18. The fourth-order valence-electron chi connectivity index (χ4n) is 2.45. The molecule has 2 N–H and O–H groups in total. The first-order valence-corrected chi connectivity index (χ1v) is 7.18. The highest BCUT2D eigenvalue weighted by Crippen LogP contribution is 2.29. The highest BCUT2D eigenvalue weighted by atomic mass is 35.5. The van der Waals surface area contributed by atoms with Gasteiger partial charge in [-0.05, 0) is 64.8 Å². The SMILES string of the molecule is Cc1[nH]c2c(C)c(Cl)ccc2c1CCNC(C)(C)C. The largest absolute Gasteiger partial charge is 0.358 e. The summed E-state index contributed by atoms with van der Waals surface area (Å²) in [6.45, 7) is 11.8. The molecule has 1 heterocycles. The number of rotatable bonds is 3. The Morgan fingerprint density at radius 3 is 2.53 bits per heavy atom. The molecule has 1 aromatic heterocycles. The van der Waals surface area contributed by atoms with E-state index in [1.165, 1.54) is 22.2 Å². The van der Waals surface area contributed by atoms with Gasteiger partial charge in [-0.2, -0.15) is 0 Å². The molecule has 0 radical (unpaired) electrons. The van der Waals surface area contributed by atoms with Crippen LogP contribution in [0.3, 0.4) is 0 Å². The number of fused-ring (bicyclic) bond motifs is 1. The lowest BCUT2D eigenvalue weighted by molar-refractivity contribution is 0.429. The smallest absolute Gasteiger partial charge is 0.0503 e. The minimum absolute atomic E-state index is 0.166. The van der Waals surface area contributed by atoms with Crippen LogP contribution in [0, 0.1) is 13.8 Å². The molecule has 2 nitrogen and oxygen atoms in total. The summed E-state index contributed by atoms with van der Waals surface area (Å²) in [6, 6.07) is 4.12. The van der Waals surface area contributed by atoms with Crippen molar-refractivity contribution in [3.05, 3.63) is 34.0 Å². The minimum Gasteiger partial charge on any atom is -0.358 e. The maximum absolute atomic E-state index is 6.18. The summed E-state index contributed by atoms with van der Waals surface area (Å²) in [5.41, 5.74) is 5.12. The predicted octanol–water partition coefficient (Wildman–Crippen LogP) is 4.37. The lowest BCUT2D eigenvalue weighted by Crippen LogP contribution is -2.37. The number of aromatic nitrogens is 1. The molecule has 0 aliphatic heterocycles. The first-order valence-electron chi connectivity index (χ1n) is 6.81. The van der Waals surface area contributed by atoms with Gasteiger partial charge < -0.3 is 10.3 Å². The number of H-pyrrole nitrogens is 1. The molecule has 0 amide bonds. The molecule has 1 aromatic carbocycles. The van der Waals surface area contributed by atoms with Crippen molar-refractivity contribution >= 4 is 22.5 Å². The molecule has 0 bridgehead atoms.